The van der Waals surface area contributed by atoms with Crippen molar-refractivity contribution in [3.63, 3.8) is 0 Å². The fourth-order valence-corrected chi connectivity index (χ4v) is 4.27. The van der Waals surface area contributed by atoms with E-state index in [1.807, 2.05) is 13.8 Å². The second-order valence-electron chi connectivity index (χ2n) is 7.35. The van der Waals surface area contributed by atoms with E-state index in [4.69, 9.17) is 4.74 Å². The molecule has 0 aliphatic heterocycles. The van der Waals surface area contributed by atoms with E-state index in [0.717, 1.165) is 32.5 Å². The minimum absolute atomic E-state index is 0.105. The Morgan fingerprint density at radius 1 is 1.16 bits per heavy atom. The lowest BCUT2D eigenvalue weighted by Crippen LogP contribution is -2.28. The summed E-state index contributed by atoms with van der Waals surface area (Å²) in [4.78, 5) is 40.8. The molecule has 0 aliphatic rings. The van der Waals surface area contributed by atoms with Crippen molar-refractivity contribution >= 4 is 28.3 Å². The Labute approximate surface area is 185 Å². The Morgan fingerprint density at radius 2 is 1.81 bits per heavy atom. The summed E-state index contributed by atoms with van der Waals surface area (Å²) in [5.74, 6) is -0.289. The molecule has 4 aromatic rings. The summed E-state index contributed by atoms with van der Waals surface area (Å²) in [5.41, 5.74) is 2.13. The van der Waals surface area contributed by atoms with Crippen LogP contribution in [0.1, 0.15) is 34.9 Å². The van der Waals surface area contributed by atoms with Crippen LogP contribution in [0.15, 0.2) is 46.0 Å². The molecular formula is C23H18FN3O4S. The van der Waals surface area contributed by atoms with E-state index in [0.29, 0.717) is 15.8 Å². The average molecular weight is 451 g/mol. The van der Waals surface area contributed by atoms with E-state index in [9.17, 15) is 18.8 Å². The molecule has 0 saturated heterocycles. The fraction of sp³-hybridized carbons (Fsp3) is 0.174. The first kappa shape index (κ1) is 21.5. The lowest BCUT2D eigenvalue weighted by molar-refractivity contribution is -0.131. The molecule has 32 heavy (non-hydrogen) atoms. The van der Waals surface area contributed by atoms with Gasteiger partial charge in [-0.2, -0.15) is 14.6 Å². The van der Waals surface area contributed by atoms with Gasteiger partial charge in [-0.25, -0.2) is 4.39 Å². The van der Waals surface area contributed by atoms with Crippen molar-refractivity contribution in [3.05, 3.63) is 95.4 Å². The van der Waals surface area contributed by atoms with Crippen LogP contribution in [0, 0.1) is 19.7 Å². The topological polar surface area (TPSA) is 90.6 Å². The van der Waals surface area contributed by atoms with Gasteiger partial charge in [-0.1, -0.05) is 23.5 Å². The average Bonchev–Trinajstić information content (AvgIpc) is 3.01. The quantitative estimate of drug-likeness (QED) is 0.349. The first-order chi connectivity index (χ1) is 15.2. The van der Waals surface area contributed by atoms with Gasteiger partial charge in [0.2, 0.25) is 4.96 Å². The molecule has 0 unspecified atom stereocenters. The summed E-state index contributed by atoms with van der Waals surface area (Å²) >= 11 is 1.06. The maximum absolute atomic E-state index is 13.1. The lowest BCUT2D eigenvalue weighted by Gasteiger charge is -2.10. The number of esters is 1. The molecule has 0 aliphatic carbocycles. The number of aromatic nitrogens is 3. The lowest BCUT2D eigenvalue weighted by atomic mass is 10.1. The number of rotatable bonds is 4. The zero-order chi connectivity index (χ0) is 23.0. The molecule has 0 fully saturated rings. The van der Waals surface area contributed by atoms with Crippen molar-refractivity contribution in [2.24, 2.45) is 0 Å². The number of halogens is 1. The number of ether oxygens (including phenoxy) is 1. The highest BCUT2D eigenvalue weighted by Crippen LogP contribution is 2.25. The number of hydrogen-bond acceptors (Lipinski definition) is 7. The van der Waals surface area contributed by atoms with Gasteiger partial charge in [0.05, 0.1) is 4.53 Å². The monoisotopic (exact) mass is 451 g/mol. The summed E-state index contributed by atoms with van der Waals surface area (Å²) < 4.78 is 19.8. The van der Waals surface area contributed by atoms with Crippen LogP contribution >= 0.6 is 11.3 Å². The molecule has 2 aromatic carbocycles. The van der Waals surface area contributed by atoms with Gasteiger partial charge in [0.1, 0.15) is 17.3 Å². The number of hydrogen-bond donors (Lipinski definition) is 0. The van der Waals surface area contributed by atoms with Crippen LogP contribution in [0.2, 0.25) is 0 Å². The SMILES string of the molecule is CC(=O)Oc1c(C)cc(/C=c2/sc3nc(=O)c(Cc4ccc(F)cc4)nn3c2=O)cc1C. The summed E-state index contributed by atoms with van der Waals surface area (Å²) in [6.45, 7) is 4.97. The standard InChI is InChI=1S/C23H18FN3O4S/c1-12-8-16(9-13(2)20(12)31-14(3)28)11-19-22(30)27-23(32-19)25-21(29)18(26-27)10-15-4-6-17(24)7-5-15/h4-9,11H,10H2,1-3H3/b19-11+. The molecule has 7 nitrogen and oxygen atoms in total. The largest absolute Gasteiger partial charge is 0.426 e. The zero-order valence-corrected chi connectivity index (χ0v) is 18.3. The van der Waals surface area contributed by atoms with Crippen LogP contribution in [0.5, 0.6) is 5.75 Å². The van der Waals surface area contributed by atoms with Crippen molar-refractivity contribution < 1.29 is 13.9 Å². The molecular weight excluding hydrogens is 433 g/mol. The molecule has 0 amide bonds. The van der Waals surface area contributed by atoms with Gasteiger partial charge in [0.15, 0.2) is 0 Å². The molecule has 0 spiro atoms. The number of fused-ring (bicyclic) bond motifs is 1. The van der Waals surface area contributed by atoms with E-state index >= 15 is 0 Å². The Balaban J connectivity index is 1.76. The number of thiazole rings is 1. The van der Waals surface area contributed by atoms with E-state index in [1.165, 1.54) is 19.1 Å². The predicted octanol–water partition coefficient (Wildman–Crippen LogP) is 2.33. The Morgan fingerprint density at radius 3 is 2.44 bits per heavy atom. The fourth-order valence-electron chi connectivity index (χ4n) is 3.37. The summed E-state index contributed by atoms with van der Waals surface area (Å²) in [7, 11) is 0. The van der Waals surface area contributed by atoms with Crippen LogP contribution < -0.4 is 20.4 Å². The normalized spacial score (nSPS) is 11.8. The van der Waals surface area contributed by atoms with Crippen molar-refractivity contribution in [2.45, 2.75) is 27.2 Å². The van der Waals surface area contributed by atoms with Gasteiger partial charge >= 0.3 is 5.97 Å². The Hall–Kier alpha value is -3.72. The van der Waals surface area contributed by atoms with Crippen LogP contribution in [-0.4, -0.2) is 20.6 Å². The summed E-state index contributed by atoms with van der Waals surface area (Å²) in [5, 5.41) is 4.20. The molecule has 0 radical (unpaired) electrons. The van der Waals surface area contributed by atoms with Gasteiger partial charge in [0.25, 0.3) is 11.1 Å². The zero-order valence-electron chi connectivity index (χ0n) is 17.5. The predicted molar refractivity (Wildman–Crippen MR) is 119 cm³/mol. The molecule has 2 aromatic heterocycles. The summed E-state index contributed by atoms with van der Waals surface area (Å²) in [6.07, 6.45) is 1.82. The van der Waals surface area contributed by atoms with Crippen LogP contribution in [0.25, 0.3) is 11.0 Å². The van der Waals surface area contributed by atoms with E-state index < -0.39 is 17.1 Å². The van der Waals surface area contributed by atoms with Crippen LogP contribution in [0.4, 0.5) is 4.39 Å². The van der Waals surface area contributed by atoms with Gasteiger partial charge < -0.3 is 4.74 Å². The highest BCUT2D eigenvalue weighted by atomic mass is 32.1. The van der Waals surface area contributed by atoms with E-state index in [2.05, 4.69) is 10.1 Å². The minimum atomic E-state index is -0.528. The molecule has 162 valence electrons. The third-order valence-electron chi connectivity index (χ3n) is 4.76. The highest BCUT2D eigenvalue weighted by Gasteiger charge is 2.13. The molecule has 0 bridgehead atoms. The van der Waals surface area contributed by atoms with Gasteiger partial charge in [-0.15, -0.1) is 0 Å². The van der Waals surface area contributed by atoms with Crippen LogP contribution in [0.3, 0.4) is 0 Å². The molecule has 2 heterocycles. The van der Waals surface area contributed by atoms with Gasteiger partial charge in [-0.05, 0) is 66.4 Å². The molecule has 0 saturated carbocycles. The Bertz CT molecular complexity index is 1500. The van der Waals surface area contributed by atoms with Crippen molar-refractivity contribution in [1.29, 1.82) is 0 Å². The molecule has 9 heteroatoms. The Kier molecular flexibility index (Phi) is 5.67. The maximum atomic E-state index is 13.1. The highest BCUT2D eigenvalue weighted by molar-refractivity contribution is 7.15. The first-order valence-corrected chi connectivity index (χ1v) is 10.5. The second kappa shape index (κ2) is 8.43. The first-order valence-electron chi connectivity index (χ1n) is 9.70. The number of aryl methyl sites for hydroxylation is 2. The maximum Gasteiger partial charge on any atom is 0.308 e. The van der Waals surface area contributed by atoms with Gasteiger partial charge in [-0.3, -0.25) is 14.4 Å². The third kappa shape index (κ3) is 4.33. The number of carbonyl (C=O) groups is 1. The number of carbonyl (C=O) groups excluding carboxylic acids is 1. The minimum Gasteiger partial charge on any atom is -0.426 e. The van der Waals surface area contributed by atoms with E-state index in [1.54, 1.807) is 30.3 Å². The van der Waals surface area contributed by atoms with E-state index in [-0.39, 0.29) is 22.9 Å². The van der Waals surface area contributed by atoms with Crippen molar-refractivity contribution in [2.75, 3.05) is 0 Å². The number of benzene rings is 2. The third-order valence-corrected chi connectivity index (χ3v) is 5.72. The van der Waals surface area contributed by atoms with Crippen molar-refractivity contribution in [3.8, 4) is 5.75 Å². The van der Waals surface area contributed by atoms with Crippen molar-refractivity contribution in [1.82, 2.24) is 14.6 Å². The second-order valence-corrected chi connectivity index (χ2v) is 8.36. The smallest absolute Gasteiger partial charge is 0.308 e. The molecule has 0 N–H and O–H groups in total. The number of nitrogens with zero attached hydrogens (tertiary/aromatic N) is 3. The molecule has 0 atom stereocenters. The summed E-state index contributed by atoms with van der Waals surface area (Å²) in [6, 6.07) is 9.32. The molecule has 4 rings (SSSR count). The van der Waals surface area contributed by atoms with Gasteiger partial charge in [0, 0.05) is 13.3 Å². The van der Waals surface area contributed by atoms with Crippen LogP contribution in [-0.2, 0) is 11.2 Å².